The van der Waals surface area contributed by atoms with Gasteiger partial charge in [-0.25, -0.2) is 0 Å². The second-order valence-corrected chi connectivity index (χ2v) is 7.43. The van der Waals surface area contributed by atoms with Crippen LogP contribution < -0.4 is 0 Å². The van der Waals surface area contributed by atoms with Crippen molar-refractivity contribution in [2.75, 3.05) is 19.6 Å². The molecule has 0 amide bonds. The zero-order chi connectivity index (χ0) is 13.0. The van der Waals surface area contributed by atoms with Crippen molar-refractivity contribution in [3.05, 3.63) is 0 Å². The Labute approximate surface area is 111 Å². The van der Waals surface area contributed by atoms with Crippen molar-refractivity contribution < 1.29 is 9.31 Å². The summed E-state index contributed by atoms with van der Waals surface area (Å²) >= 11 is 0. The molecule has 0 aromatic heterocycles. The maximum atomic E-state index is 6.25. The highest BCUT2D eigenvalue weighted by Crippen LogP contribution is 2.60. The molecule has 0 unspecified atom stereocenters. The Morgan fingerprint density at radius 3 is 1.89 bits per heavy atom. The van der Waals surface area contributed by atoms with Gasteiger partial charge in [-0.15, -0.1) is 0 Å². The standard InChI is InChI=1S/C14H26BNO2/c1-12(2)13(3,4)18-15(17-12)14(7-8-14)11-16-9-5-6-10-16/h5-11H2,1-4H3. The lowest BCUT2D eigenvalue weighted by atomic mass is 9.67. The average Bonchev–Trinajstić information content (AvgIpc) is 2.76. The molecular weight excluding hydrogens is 225 g/mol. The molecule has 102 valence electrons. The summed E-state index contributed by atoms with van der Waals surface area (Å²) in [4.78, 5) is 2.60. The molecule has 3 rings (SSSR count). The number of nitrogens with zero attached hydrogens (tertiary/aromatic N) is 1. The number of hydrogen-bond donors (Lipinski definition) is 0. The molecule has 1 saturated carbocycles. The van der Waals surface area contributed by atoms with Crippen LogP contribution in [-0.2, 0) is 9.31 Å². The Kier molecular flexibility index (Phi) is 2.86. The van der Waals surface area contributed by atoms with Crippen LogP contribution in [0.3, 0.4) is 0 Å². The van der Waals surface area contributed by atoms with Crippen molar-refractivity contribution in [1.29, 1.82) is 0 Å². The van der Waals surface area contributed by atoms with Crippen molar-refractivity contribution in [1.82, 2.24) is 4.90 Å². The number of hydrogen-bond acceptors (Lipinski definition) is 3. The lowest BCUT2D eigenvalue weighted by Gasteiger charge is -2.32. The van der Waals surface area contributed by atoms with Gasteiger partial charge < -0.3 is 14.2 Å². The summed E-state index contributed by atoms with van der Waals surface area (Å²) in [7, 11) is 0.00287. The lowest BCUT2D eigenvalue weighted by Crippen LogP contribution is -2.41. The van der Waals surface area contributed by atoms with E-state index in [0.717, 1.165) is 0 Å². The van der Waals surface area contributed by atoms with Gasteiger partial charge in [0.05, 0.1) is 11.2 Å². The van der Waals surface area contributed by atoms with Gasteiger partial charge in [0.25, 0.3) is 0 Å². The molecule has 2 aliphatic heterocycles. The van der Waals surface area contributed by atoms with E-state index >= 15 is 0 Å². The molecule has 0 radical (unpaired) electrons. The normalized spacial score (nSPS) is 33.0. The molecule has 1 aliphatic carbocycles. The smallest absolute Gasteiger partial charge is 0.403 e. The first-order chi connectivity index (χ1) is 8.35. The molecular formula is C14H26BNO2. The first-order valence-electron chi connectivity index (χ1n) is 7.43. The summed E-state index contributed by atoms with van der Waals surface area (Å²) in [5.74, 6) is 0. The van der Waals surface area contributed by atoms with E-state index in [-0.39, 0.29) is 23.6 Å². The summed E-state index contributed by atoms with van der Waals surface area (Å²) in [6.07, 6.45) is 5.25. The van der Waals surface area contributed by atoms with E-state index in [2.05, 4.69) is 32.6 Å². The Balaban J connectivity index is 1.68. The molecule has 3 fully saturated rings. The van der Waals surface area contributed by atoms with E-state index in [0.29, 0.717) is 0 Å². The SMILES string of the molecule is CC1(C)OB(C2(CN3CCCC3)CC2)OC1(C)C. The predicted molar refractivity (Wildman–Crippen MR) is 73.7 cm³/mol. The molecule has 0 aromatic carbocycles. The van der Waals surface area contributed by atoms with E-state index in [1.165, 1.54) is 45.3 Å². The van der Waals surface area contributed by atoms with E-state index < -0.39 is 0 Å². The zero-order valence-corrected chi connectivity index (χ0v) is 12.3. The molecule has 4 heteroatoms. The van der Waals surface area contributed by atoms with Gasteiger partial charge >= 0.3 is 7.12 Å². The predicted octanol–water partition coefficient (Wildman–Crippen LogP) is 2.71. The van der Waals surface area contributed by atoms with Crippen LogP contribution in [0.2, 0.25) is 5.31 Å². The van der Waals surface area contributed by atoms with Gasteiger partial charge in [0.2, 0.25) is 0 Å². The van der Waals surface area contributed by atoms with Crippen LogP contribution in [0.15, 0.2) is 0 Å². The second kappa shape index (κ2) is 3.97. The summed E-state index contributed by atoms with van der Waals surface area (Å²) in [5, 5.41) is 0.287. The van der Waals surface area contributed by atoms with Crippen molar-refractivity contribution >= 4 is 7.12 Å². The van der Waals surface area contributed by atoms with Gasteiger partial charge in [0.1, 0.15) is 0 Å². The molecule has 0 N–H and O–H groups in total. The van der Waals surface area contributed by atoms with Crippen LogP contribution >= 0.6 is 0 Å². The quantitative estimate of drug-likeness (QED) is 0.720. The van der Waals surface area contributed by atoms with Crippen LogP contribution in [0.25, 0.3) is 0 Å². The van der Waals surface area contributed by atoms with E-state index in [4.69, 9.17) is 9.31 Å². The largest absolute Gasteiger partial charge is 0.465 e. The highest BCUT2D eigenvalue weighted by molar-refractivity contribution is 6.51. The molecule has 2 heterocycles. The second-order valence-electron chi connectivity index (χ2n) is 7.43. The third-order valence-electron chi connectivity index (χ3n) is 5.38. The van der Waals surface area contributed by atoms with Crippen LogP contribution in [0, 0.1) is 0 Å². The van der Waals surface area contributed by atoms with Gasteiger partial charge in [-0.2, -0.15) is 0 Å². The molecule has 0 aromatic rings. The van der Waals surface area contributed by atoms with Gasteiger partial charge in [-0.1, -0.05) is 0 Å². The van der Waals surface area contributed by atoms with Gasteiger partial charge in [-0.05, 0) is 66.5 Å². The maximum absolute atomic E-state index is 6.25. The highest BCUT2D eigenvalue weighted by Gasteiger charge is 2.64. The molecule has 18 heavy (non-hydrogen) atoms. The fourth-order valence-electron chi connectivity index (χ4n) is 3.11. The Bertz CT molecular complexity index is 317. The topological polar surface area (TPSA) is 21.7 Å². The summed E-state index contributed by atoms with van der Waals surface area (Å²) in [5.41, 5.74) is -0.365. The molecule has 0 bridgehead atoms. The number of likely N-dealkylation sites (tertiary alicyclic amines) is 1. The van der Waals surface area contributed by atoms with Gasteiger partial charge in [-0.3, -0.25) is 0 Å². The highest BCUT2D eigenvalue weighted by atomic mass is 16.7. The summed E-state index contributed by atoms with van der Waals surface area (Å²) in [6.45, 7) is 12.3. The van der Waals surface area contributed by atoms with Gasteiger partial charge in [0.15, 0.2) is 0 Å². The molecule has 0 atom stereocenters. The fraction of sp³-hybridized carbons (Fsp3) is 1.00. The van der Waals surface area contributed by atoms with E-state index in [1.807, 2.05) is 0 Å². The maximum Gasteiger partial charge on any atom is 0.465 e. The van der Waals surface area contributed by atoms with Gasteiger partial charge in [0, 0.05) is 11.9 Å². The number of rotatable bonds is 3. The van der Waals surface area contributed by atoms with Crippen LogP contribution in [0.1, 0.15) is 53.4 Å². The minimum Gasteiger partial charge on any atom is -0.403 e. The van der Waals surface area contributed by atoms with E-state index in [1.54, 1.807) is 0 Å². The first-order valence-corrected chi connectivity index (χ1v) is 7.43. The van der Waals surface area contributed by atoms with Crippen molar-refractivity contribution in [3.63, 3.8) is 0 Å². The Morgan fingerprint density at radius 1 is 0.944 bits per heavy atom. The minimum absolute atomic E-state index is 0.00287. The monoisotopic (exact) mass is 251 g/mol. The zero-order valence-electron chi connectivity index (χ0n) is 12.3. The molecule has 3 nitrogen and oxygen atoms in total. The van der Waals surface area contributed by atoms with Crippen LogP contribution in [0.5, 0.6) is 0 Å². The minimum atomic E-state index is -0.182. The molecule has 3 aliphatic rings. The van der Waals surface area contributed by atoms with Crippen molar-refractivity contribution in [2.45, 2.75) is 69.9 Å². The van der Waals surface area contributed by atoms with Crippen LogP contribution in [0.4, 0.5) is 0 Å². The molecule has 2 saturated heterocycles. The summed E-state index contributed by atoms with van der Waals surface area (Å²) in [6, 6.07) is 0. The fourth-order valence-corrected chi connectivity index (χ4v) is 3.11. The Hall–Kier alpha value is -0.0551. The first kappa shape index (κ1) is 13.0. The Morgan fingerprint density at radius 2 is 1.44 bits per heavy atom. The lowest BCUT2D eigenvalue weighted by molar-refractivity contribution is 0.00578. The van der Waals surface area contributed by atoms with Crippen molar-refractivity contribution in [2.24, 2.45) is 0 Å². The van der Waals surface area contributed by atoms with E-state index in [9.17, 15) is 0 Å². The third-order valence-corrected chi connectivity index (χ3v) is 5.38. The van der Waals surface area contributed by atoms with Crippen LogP contribution in [-0.4, -0.2) is 42.9 Å². The molecule has 0 spiro atoms. The van der Waals surface area contributed by atoms with Crippen molar-refractivity contribution in [3.8, 4) is 0 Å². The third kappa shape index (κ3) is 2.02. The average molecular weight is 251 g/mol. The summed E-state index contributed by atoms with van der Waals surface area (Å²) < 4.78 is 12.5.